The zero-order valence-corrected chi connectivity index (χ0v) is 16.8. The SMILES string of the molecule is CCCCCCC/C(C)=C(C)/C=C\C1=C(C)NC(=O)C(CC(N)=O)=CC1. The van der Waals surface area contributed by atoms with Gasteiger partial charge in [0.25, 0.3) is 5.91 Å². The smallest absolute Gasteiger partial charge is 0.251 e. The highest BCUT2D eigenvalue weighted by atomic mass is 16.2. The maximum atomic E-state index is 12.1. The lowest BCUT2D eigenvalue weighted by Gasteiger charge is -2.07. The second-order valence-electron chi connectivity index (χ2n) is 7.14. The first-order chi connectivity index (χ1) is 12.3. The molecule has 0 aromatic rings. The molecular formula is C22H34N2O2. The maximum absolute atomic E-state index is 12.1. The van der Waals surface area contributed by atoms with Crippen LogP contribution >= 0.6 is 0 Å². The summed E-state index contributed by atoms with van der Waals surface area (Å²) in [6, 6.07) is 0. The standard InChI is InChI=1S/C22H34N2O2/c1-5-6-7-8-9-10-16(2)17(3)11-12-19-13-14-20(15-21(23)25)22(26)24-18(19)4/h11-12,14H,5-10,13,15H2,1-4H3,(H2,23,25)(H,24,26)/b12-11-,17-16+. The molecule has 0 aromatic heterocycles. The Labute approximate surface area is 158 Å². The number of hydrogen-bond acceptors (Lipinski definition) is 2. The lowest BCUT2D eigenvalue weighted by atomic mass is 10.0. The first kappa shape index (κ1) is 21.9. The summed E-state index contributed by atoms with van der Waals surface area (Å²) in [6.07, 6.45) is 14.2. The number of nitrogens with two attached hydrogens (primary N) is 1. The predicted molar refractivity (Wildman–Crippen MR) is 108 cm³/mol. The number of unbranched alkanes of at least 4 members (excludes halogenated alkanes) is 4. The average molecular weight is 359 g/mol. The van der Waals surface area contributed by atoms with E-state index in [4.69, 9.17) is 5.73 Å². The summed E-state index contributed by atoms with van der Waals surface area (Å²) in [5, 5.41) is 2.85. The van der Waals surface area contributed by atoms with Crippen LogP contribution in [0.1, 0.15) is 79.1 Å². The Kier molecular flexibility index (Phi) is 9.71. The zero-order valence-electron chi connectivity index (χ0n) is 16.8. The highest BCUT2D eigenvalue weighted by Gasteiger charge is 2.16. The van der Waals surface area contributed by atoms with Crippen LogP contribution < -0.4 is 11.1 Å². The van der Waals surface area contributed by atoms with E-state index in [1.807, 2.05) is 6.92 Å². The average Bonchev–Trinajstić information content (AvgIpc) is 2.71. The summed E-state index contributed by atoms with van der Waals surface area (Å²) < 4.78 is 0. The quantitative estimate of drug-likeness (QED) is 0.433. The highest BCUT2D eigenvalue weighted by Crippen LogP contribution is 2.20. The molecule has 4 nitrogen and oxygen atoms in total. The van der Waals surface area contributed by atoms with Crippen LogP contribution in [0.3, 0.4) is 0 Å². The van der Waals surface area contributed by atoms with Gasteiger partial charge in [-0.1, -0.05) is 62.0 Å². The van der Waals surface area contributed by atoms with Crippen LogP contribution in [0.25, 0.3) is 0 Å². The van der Waals surface area contributed by atoms with Crippen molar-refractivity contribution in [3.63, 3.8) is 0 Å². The molecule has 144 valence electrons. The molecular weight excluding hydrogens is 324 g/mol. The molecule has 26 heavy (non-hydrogen) atoms. The van der Waals surface area contributed by atoms with Gasteiger partial charge in [-0.3, -0.25) is 9.59 Å². The fraction of sp³-hybridized carbons (Fsp3) is 0.545. The van der Waals surface area contributed by atoms with E-state index in [1.54, 1.807) is 6.08 Å². The number of hydrogen-bond donors (Lipinski definition) is 2. The number of nitrogens with one attached hydrogen (secondary N) is 1. The van der Waals surface area contributed by atoms with Crippen LogP contribution in [0.4, 0.5) is 0 Å². The molecule has 1 aliphatic heterocycles. The van der Waals surface area contributed by atoms with Gasteiger partial charge in [-0.2, -0.15) is 0 Å². The molecule has 4 heteroatoms. The van der Waals surface area contributed by atoms with Crippen molar-refractivity contribution >= 4 is 11.8 Å². The lowest BCUT2D eigenvalue weighted by Crippen LogP contribution is -2.25. The van der Waals surface area contributed by atoms with Crippen molar-refractivity contribution in [2.24, 2.45) is 5.73 Å². The van der Waals surface area contributed by atoms with Crippen LogP contribution in [0, 0.1) is 0 Å². The predicted octanol–water partition coefficient (Wildman–Crippen LogP) is 4.84. The van der Waals surface area contributed by atoms with Crippen molar-refractivity contribution in [1.29, 1.82) is 0 Å². The van der Waals surface area contributed by atoms with Crippen LogP contribution in [-0.4, -0.2) is 11.8 Å². The van der Waals surface area contributed by atoms with Crippen LogP contribution in [0.15, 0.2) is 46.2 Å². The van der Waals surface area contributed by atoms with Gasteiger partial charge in [-0.25, -0.2) is 0 Å². The Morgan fingerprint density at radius 3 is 2.58 bits per heavy atom. The number of carbonyl (C=O) groups excluding carboxylic acids is 2. The second kappa shape index (κ2) is 11.5. The minimum absolute atomic E-state index is 0.0216. The molecule has 0 fully saturated rings. The van der Waals surface area contributed by atoms with Gasteiger partial charge in [-0.05, 0) is 45.6 Å². The van der Waals surface area contributed by atoms with Gasteiger partial charge in [0.2, 0.25) is 5.91 Å². The summed E-state index contributed by atoms with van der Waals surface area (Å²) in [7, 11) is 0. The lowest BCUT2D eigenvalue weighted by molar-refractivity contribution is -0.121. The van der Waals surface area contributed by atoms with Crippen molar-refractivity contribution in [3.8, 4) is 0 Å². The van der Waals surface area contributed by atoms with Crippen molar-refractivity contribution in [2.75, 3.05) is 0 Å². The fourth-order valence-corrected chi connectivity index (χ4v) is 2.90. The van der Waals surface area contributed by atoms with Crippen molar-refractivity contribution < 1.29 is 9.59 Å². The third-order valence-electron chi connectivity index (χ3n) is 4.87. The Morgan fingerprint density at radius 1 is 1.23 bits per heavy atom. The van der Waals surface area contributed by atoms with Crippen molar-refractivity contribution in [3.05, 3.63) is 46.2 Å². The first-order valence-corrected chi connectivity index (χ1v) is 9.68. The van der Waals surface area contributed by atoms with Gasteiger partial charge in [0.15, 0.2) is 0 Å². The number of carbonyl (C=O) groups is 2. The minimum atomic E-state index is -0.489. The molecule has 0 spiro atoms. The Bertz CT molecular complexity index is 637. The Hall–Kier alpha value is -2.10. The second-order valence-corrected chi connectivity index (χ2v) is 7.14. The van der Waals surface area contributed by atoms with Crippen molar-refractivity contribution in [2.45, 2.75) is 79.1 Å². The molecule has 0 unspecified atom stereocenters. The van der Waals surface area contributed by atoms with Gasteiger partial charge in [0, 0.05) is 11.3 Å². The molecule has 0 bridgehead atoms. The van der Waals surface area contributed by atoms with Crippen molar-refractivity contribution in [1.82, 2.24) is 5.32 Å². The van der Waals surface area contributed by atoms with Crippen LogP contribution in [0.5, 0.6) is 0 Å². The molecule has 1 rings (SSSR count). The van der Waals surface area contributed by atoms with Gasteiger partial charge in [-0.15, -0.1) is 0 Å². The van der Waals surface area contributed by atoms with E-state index >= 15 is 0 Å². The monoisotopic (exact) mass is 358 g/mol. The fourth-order valence-electron chi connectivity index (χ4n) is 2.90. The topological polar surface area (TPSA) is 72.2 Å². The van der Waals surface area contributed by atoms with Gasteiger partial charge < -0.3 is 11.1 Å². The highest BCUT2D eigenvalue weighted by molar-refractivity contribution is 5.99. The summed E-state index contributed by atoms with van der Waals surface area (Å²) in [5.74, 6) is -0.725. The third kappa shape index (κ3) is 7.85. The minimum Gasteiger partial charge on any atom is -0.369 e. The normalized spacial score (nSPS) is 16.3. The van der Waals surface area contributed by atoms with Crippen LogP contribution in [-0.2, 0) is 9.59 Å². The number of rotatable bonds is 10. The van der Waals surface area contributed by atoms with Gasteiger partial charge >= 0.3 is 0 Å². The van der Waals surface area contributed by atoms with Gasteiger partial charge in [0.1, 0.15) is 0 Å². The van der Waals surface area contributed by atoms with Crippen LogP contribution in [0.2, 0.25) is 0 Å². The van der Waals surface area contributed by atoms with E-state index in [2.05, 4.69) is 38.2 Å². The first-order valence-electron chi connectivity index (χ1n) is 9.68. The molecule has 2 amide bonds. The van der Waals surface area contributed by atoms with E-state index in [-0.39, 0.29) is 12.3 Å². The van der Waals surface area contributed by atoms with E-state index < -0.39 is 5.91 Å². The number of primary amides is 1. The van der Waals surface area contributed by atoms with E-state index in [1.165, 1.54) is 43.3 Å². The zero-order chi connectivity index (χ0) is 19.5. The Balaban J connectivity index is 2.71. The summed E-state index contributed by atoms with van der Waals surface area (Å²) in [4.78, 5) is 23.2. The molecule has 1 heterocycles. The molecule has 0 saturated carbocycles. The Morgan fingerprint density at radius 2 is 1.92 bits per heavy atom. The van der Waals surface area contributed by atoms with E-state index in [0.717, 1.165) is 17.7 Å². The summed E-state index contributed by atoms with van der Waals surface area (Å²) >= 11 is 0. The summed E-state index contributed by atoms with van der Waals surface area (Å²) in [6.45, 7) is 8.45. The number of allylic oxidation sites excluding steroid dienone is 7. The molecule has 0 saturated heterocycles. The maximum Gasteiger partial charge on any atom is 0.251 e. The van der Waals surface area contributed by atoms with Gasteiger partial charge in [0.05, 0.1) is 6.42 Å². The number of amides is 2. The molecule has 0 aromatic carbocycles. The van der Waals surface area contributed by atoms with E-state index in [9.17, 15) is 9.59 Å². The molecule has 3 N–H and O–H groups in total. The molecule has 1 aliphatic rings. The molecule has 0 aliphatic carbocycles. The molecule has 0 radical (unpaired) electrons. The summed E-state index contributed by atoms with van der Waals surface area (Å²) in [5.41, 5.74) is 10.2. The van der Waals surface area contributed by atoms with E-state index in [0.29, 0.717) is 12.0 Å². The molecule has 0 atom stereocenters. The largest absolute Gasteiger partial charge is 0.369 e. The third-order valence-corrected chi connectivity index (χ3v) is 4.87.